The second kappa shape index (κ2) is 6.98. The second-order valence-electron chi connectivity index (χ2n) is 5.25. The Kier molecular flexibility index (Phi) is 4.99. The van der Waals surface area contributed by atoms with E-state index in [1.165, 1.54) is 28.0 Å². The molecule has 23 heavy (non-hydrogen) atoms. The van der Waals surface area contributed by atoms with Crippen molar-refractivity contribution in [1.82, 2.24) is 14.8 Å². The zero-order valence-corrected chi connectivity index (χ0v) is 15.6. The van der Waals surface area contributed by atoms with E-state index in [0.717, 1.165) is 32.8 Å². The van der Waals surface area contributed by atoms with Gasteiger partial charge in [-0.3, -0.25) is 4.79 Å². The minimum absolute atomic E-state index is 0.147. The van der Waals surface area contributed by atoms with Crippen LogP contribution in [0.5, 0.6) is 0 Å². The molecule has 3 aromatic heterocycles. The van der Waals surface area contributed by atoms with Gasteiger partial charge in [-0.2, -0.15) is 0 Å². The molecule has 0 aliphatic carbocycles. The summed E-state index contributed by atoms with van der Waals surface area (Å²) in [7, 11) is 0. The molecule has 0 aliphatic heterocycles. The van der Waals surface area contributed by atoms with E-state index in [2.05, 4.69) is 39.2 Å². The topological polar surface area (TPSA) is 47.8 Å². The van der Waals surface area contributed by atoms with Crippen LogP contribution in [-0.4, -0.2) is 26.3 Å². The van der Waals surface area contributed by atoms with E-state index < -0.39 is 0 Å². The number of Topliss-reactive ketones (excluding diaryl/α,β-unsaturated/α-hetero) is 1. The van der Waals surface area contributed by atoms with Crippen molar-refractivity contribution in [3.05, 3.63) is 50.4 Å². The van der Waals surface area contributed by atoms with Gasteiger partial charge < -0.3 is 4.57 Å². The third kappa shape index (κ3) is 3.73. The lowest BCUT2D eigenvalue weighted by atomic mass is 10.2. The molecule has 0 spiro atoms. The van der Waals surface area contributed by atoms with E-state index in [4.69, 9.17) is 0 Å². The maximum atomic E-state index is 12.5. The molecule has 3 rings (SSSR count). The number of aryl methyl sites for hydroxylation is 2. The van der Waals surface area contributed by atoms with Gasteiger partial charge in [0.1, 0.15) is 5.01 Å². The zero-order chi connectivity index (χ0) is 16.4. The highest BCUT2D eigenvalue weighted by Gasteiger charge is 2.17. The van der Waals surface area contributed by atoms with E-state index in [1.807, 2.05) is 19.9 Å². The predicted molar refractivity (Wildman–Crippen MR) is 97.0 cm³/mol. The summed E-state index contributed by atoms with van der Waals surface area (Å²) in [6.45, 7) is 6.82. The summed E-state index contributed by atoms with van der Waals surface area (Å²) in [5.41, 5.74) is 2.97. The maximum Gasteiger partial charge on any atom is 0.174 e. The molecule has 4 nitrogen and oxygen atoms in total. The molecular weight excluding hydrogens is 346 g/mol. The van der Waals surface area contributed by atoms with Crippen LogP contribution in [0.15, 0.2) is 27.9 Å². The molecule has 0 amide bonds. The fourth-order valence-corrected chi connectivity index (χ4v) is 4.82. The summed E-state index contributed by atoms with van der Waals surface area (Å²) in [5, 5.41) is 11.0. The van der Waals surface area contributed by atoms with Crippen LogP contribution < -0.4 is 0 Å². The second-order valence-corrected chi connectivity index (χ2v) is 8.69. The Morgan fingerprint density at radius 1 is 1.30 bits per heavy atom. The van der Waals surface area contributed by atoms with Crippen LogP contribution in [0, 0.1) is 20.8 Å². The third-order valence-electron chi connectivity index (χ3n) is 3.60. The highest BCUT2D eigenvalue weighted by Crippen LogP contribution is 2.25. The first kappa shape index (κ1) is 16.4. The molecule has 0 aromatic carbocycles. The SMILES string of the molecule is Cc1nnc(SCC(=O)c2cc(C)n(Cc3cccs3)c2C)s1. The highest BCUT2D eigenvalue weighted by atomic mass is 32.2. The van der Waals surface area contributed by atoms with Crippen molar-refractivity contribution in [3.8, 4) is 0 Å². The zero-order valence-electron chi connectivity index (χ0n) is 13.2. The van der Waals surface area contributed by atoms with E-state index >= 15 is 0 Å². The van der Waals surface area contributed by atoms with Gasteiger partial charge in [-0.15, -0.1) is 21.5 Å². The van der Waals surface area contributed by atoms with Gasteiger partial charge in [0, 0.05) is 21.8 Å². The normalized spacial score (nSPS) is 11.1. The molecule has 0 bridgehead atoms. The number of thioether (sulfide) groups is 1. The number of thiophene rings is 1. The molecule has 3 aromatic rings. The van der Waals surface area contributed by atoms with Crippen molar-refractivity contribution < 1.29 is 4.79 Å². The highest BCUT2D eigenvalue weighted by molar-refractivity contribution is 8.01. The van der Waals surface area contributed by atoms with Gasteiger partial charge in [0.2, 0.25) is 0 Å². The Labute approximate surface area is 147 Å². The summed E-state index contributed by atoms with van der Waals surface area (Å²) >= 11 is 4.73. The number of aromatic nitrogens is 3. The van der Waals surface area contributed by atoms with Gasteiger partial charge in [0.15, 0.2) is 10.1 Å². The molecule has 120 valence electrons. The third-order valence-corrected chi connectivity index (χ3v) is 6.44. The molecule has 0 fully saturated rings. The fourth-order valence-electron chi connectivity index (χ4n) is 2.43. The van der Waals surface area contributed by atoms with Crippen molar-refractivity contribution in [1.29, 1.82) is 0 Å². The molecular formula is C16H17N3OS3. The van der Waals surface area contributed by atoms with Crippen LogP contribution in [0.25, 0.3) is 0 Å². The van der Waals surface area contributed by atoms with Gasteiger partial charge in [0.25, 0.3) is 0 Å². The van der Waals surface area contributed by atoms with Crippen molar-refractivity contribution in [3.63, 3.8) is 0 Å². The van der Waals surface area contributed by atoms with Gasteiger partial charge >= 0.3 is 0 Å². The van der Waals surface area contributed by atoms with Gasteiger partial charge in [-0.1, -0.05) is 29.2 Å². The number of hydrogen-bond acceptors (Lipinski definition) is 6. The Morgan fingerprint density at radius 3 is 2.78 bits per heavy atom. The first-order valence-corrected chi connectivity index (χ1v) is 9.88. The Morgan fingerprint density at radius 2 is 2.13 bits per heavy atom. The van der Waals surface area contributed by atoms with E-state index in [-0.39, 0.29) is 5.78 Å². The summed E-state index contributed by atoms with van der Waals surface area (Å²) in [4.78, 5) is 13.8. The average Bonchev–Trinajstić information content (AvgIpc) is 3.23. The summed E-state index contributed by atoms with van der Waals surface area (Å²) in [6.07, 6.45) is 0. The minimum Gasteiger partial charge on any atom is -0.343 e. The lowest BCUT2D eigenvalue weighted by Gasteiger charge is -2.08. The van der Waals surface area contributed by atoms with Crippen LogP contribution in [0.1, 0.15) is 31.6 Å². The Balaban J connectivity index is 1.73. The maximum absolute atomic E-state index is 12.5. The number of nitrogens with zero attached hydrogens (tertiary/aromatic N) is 3. The monoisotopic (exact) mass is 363 g/mol. The molecule has 0 saturated carbocycles. The van der Waals surface area contributed by atoms with Crippen LogP contribution in [0.4, 0.5) is 0 Å². The molecule has 0 unspecified atom stereocenters. The van der Waals surface area contributed by atoms with E-state index in [9.17, 15) is 4.79 Å². The molecule has 3 heterocycles. The Bertz CT molecular complexity index is 818. The Hall–Kier alpha value is -1.44. The number of carbonyl (C=O) groups is 1. The first-order valence-electron chi connectivity index (χ1n) is 7.20. The number of ketones is 1. The fraction of sp³-hybridized carbons (Fsp3) is 0.312. The summed E-state index contributed by atoms with van der Waals surface area (Å²) in [6, 6.07) is 6.18. The standard InChI is InChI=1S/C16H17N3OS3/c1-10-7-14(11(2)19(10)8-13-5-4-6-21-13)15(20)9-22-16-18-17-12(3)23-16/h4-7H,8-9H2,1-3H3. The van der Waals surface area contributed by atoms with Crippen LogP contribution in [0.3, 0.4) is 0 Å². The number of carbonyl (C=O) groups excluding carboxylic acids is 1. The smallest absolute Gasteiger partial charge is 0.174 e. The lowest BCUT2D eigenvalue weighted by molar-refractivity contribution is 0.102. The van der Waals surface area contributed by atoms with Gasteiger partial charge in [-0.25, -0.2) is 0 Å². The molecule has 0 saturated heterocycles. The quantitative estimate of drug-likeness (QED) is 0.482. The van der Waals surface area contributed by atoms with Crippen molar-refractivity contribution in [2.75, 3.05) is 5.75 Å². The van der Waals surface area contributed by atoms with E-state index in [1.54, 1.807) is 11.3 Å². The molecule has 0 radical (unpaired) electrons. The number of hydrogen-bond donors (Lipinski definition) is 0. The molecule has 0 atom stereocenters. The average molecular weight is 364 g/mol. The van der Waals surface area contributed by atoms with Crippen LogP contribution in [-0.2, 0) is 6.54 Å². The lowest BCUT2D eigenvalue weighted by Crippen LogP contribution is -2.07. The van der Waals surface area contributed by atoms with Crippen molar-refractivity contribution in [2.24, 2.45) is 0 Å². The largest absolute Gasteiger partial charge is 0.343 e. The summed E-state index contributed by atoms with van der Waals surface area (Å²) in [5.74, 6) is 0.547. The predicted octanol–water partition coefficient (Wildman–Crippen LogP) is 4.35. The summed E-state index contributed by atoms with van der Waals surface area (Å²) < 4.78 is 3.06. The van der Waals surface area contributed by atoms with Crippen LogP contribution >= 0.6 is 34.4 Å². The number of rotatable bonds is 6. The first-order chi connectivity index (χ1) is 11.0. The van der Waals surface area contributed by atoms with Crippen molar-refractivity contribution in [2.45, 2.75) is 31.7 Å². The van der Waals surface area contributed by atoms with Gasteiger partial charge in [-0.05, 0) is 38.3 Å². The molecule has 0 aliphatic rings. The van der Waals surface area contributed by atoms with Crippen molar-refractivity contribution >= 4 is 40.2 Å². The van der Waals surface area contributed by atoms with Crippen LogP contribution in [0.2, 0.25) is 0 Å². The molecule has 7 heteroatoms. The minimum atomic E-state index is 0.147. The van der Waals surface area contributed by atoms with E-state index in [0.29, 0.717) is 5.75 Å². The van der Waals surface area contributed by atoms with Gasteiger partial charge in [0.05, 0.1) is 12.3 Å². The molecule has 0 N–H and O–H groups in total.